The van der Waals surface area contributed by atoms with Crippen LogP contribution in [0, 0.1) is 17.8 Å². The second kappa shape index (κ2) is 5.75. The molecule has 1 amide bonds. The van der Waals surface area contributed by atoms with Gasteiger partial charge in [0.1, 0.15) is 0 Å². The Balaban J connectivity index is 1.59. The molecule has 2 saturated carbocycles. The van der Waals surface area contributed by atoms with Gasteiger partial charge in [0.15, 0.2) is 0 Å². The number of sulfonamides is 1. The van der Waals surface area contributed by atoms with Gasteiger partial charge in [-0.3, -0.25) is 14.5 Å². The van der Waals surface area contributed by atoms with Gasteiger partial charge in [0.05, 0.1) is 5.75 Å². The molecule has 1 aromatic rings. The van der Waals surface area contributed by atoms with E-state index < -0.39 is 10.0 Å². The number of rotatable bonds is 4. The highest BCUT2D eigenvalue weighted by molar-refractivity contribution is 7.89. The third kappa shape index (κ3) is 3.26. The van der Waals surface area contributed by atoms with Gasteiger partial charge < -0.3 is 0 Å². The predicted octanol–water partition coefficient (Wildman–Crippen LogP) is 1.85. The number of amides is 1. The van der Waals surface area contributed by atoms with Crippen molar-refractivity contribution in [3.8, 4) is 0 Å². The average Bonchev–Trinajstić information content (AvgIpc) is 2.40. The van der Waals surface area contributed by atoms with Gasteiger partial charge in [0, 0.05) is 18.3 Å². The van der Waals surface area contributed by atoms with E-state index in [0.717, 1.165) is 19.3 Å². The molecule has 3 rings (SSSR count). The molecular weight excluding hydrogens is 288 g/mol. The molecule has 0 bridgehead atoms. The van der Waals surface area contributed by atoms with E-state index in [4.69, 9.17) is 0 Å². The summed E-state index contributed by atoms with van der Waals surface area (Å²) < 4.78 is 26.4. The van der Waals surface area contributed by atoms with Crippen molar-refractivity contribution in [3.63, 3.8) is 0 Å². The van der Waals surface area contributed by atoms with Gasteiger partial charge in [0.2, 0.25) is 15.9 Å². The van der Waals surface area contributed by atoms with Crippen LogP contribution in [0.4, 0.5) is 0 Å². The highest BCUT2D eigenvalue weighted by Crippen LogP contribution is 2.49. The lowest BCUT2D eigenvalue weighted by atomic mass is 9.58. The molecule has 114 valence electrons. The van der Waals surface area contributed by atoms with Crippen LogP contribution in [0.2, 0.25) is 0 Å². The summed E-state index contributed by atoms with van der Waals surface area (Å²) in [6.07, 6.45) is 8.60. The second-order valence-corrected chi connectivity index (χ2v) is 7.86. The van der Waals surface area contributed by atoms with E-state index in [2.05, 4.69) is 9.71 Å². The Morgan fingerprint density at radius 2 is 2.14 bits per heavy atom. The maximum Gasteiger partial charge on any atom is 0.239 e. The molecule has 0 aliphatic heterocycles. The molecule has 6 heteroatoms. The van der Waals surface area contributed by atoms with E-state index in [1.807, 2.05) is 0 Å². The van der Waals surface area contributed by atoms with E-state index in [-0.39, 0.29) is 17.6 Å². The van der Waals surface area contributed by atoms with Crippen molar-refractivity contribution in [2.75, 3.05) is 0 Å². The first kappa shape index (κ1) is 14.5. The summed E-state index contributed by atoms with van der Waals surface area (Å²) in [6.45, 7) is 0. The summed E-state index contributed by atoms with van der Waals surface area (Å²) >= 11 is 0. The first-order valence-electron chi connectivity index (χ1n) is 7.48. The normalized spacial score (nSPS) is 28.3. The zero-order valence-electron chi connectivity index (χ0n) is 11.9. The third-order valence-electron chi connectivity index (χ3n) is 4.71. The quantitative estimate of drug-likeness (QED) is 0.921. The molecule has 2 aliphatic rings. The molecule has 0 radical (unpaired) electrons. The molecule has 1 N–H and O–H groups in total. The van der Waals surface area contributed by atoms with E-state index in [1.165, 1.54) is 19.0 Å². The number of carbonyl (C=O) groups excluding carboxylic acids is 1. The molecule has 0 spiro atoms. The van der Waals surface area contributed by atoms with Gasteiger partial charge in [-0.15, -0.1) is 0 Å². The summed E-state index contributed by atoms with van der Waals surface area (Å²) in [5.41, 5.74) is 0.585. The van der Waals surface area contributed by atoms with Crippen LogP contribution in [0.5, 0.6) is 0 Å². The number of hydrogen-bond acceptors (Lipinski definition) is 4. The van der Waals surface area contributed by atoms with Crippen LogP contribution in [0.25, 0.3) is 0 Å². The van der Waals surface area contributed by atoms with Gasteiger partial charge in [-0.25, -0.2) is 8.42 Å². The van der Waals surface area contributed by atoms with Gasteiger partial charge in [0.25, 0.3) is 0 Å². The van der Waals surface area contributed by atoms with Crippen LogP contribution in [0.3, 0.4) is 0 Å². The Labute approximate surface area is 125 Å². The van der Waals surface area contributed by atoms with Crippen molar-refractivity contribution < 1.29 is 13.2 Å². The highest BCUT2D eigenvalue weighted by atomic mass is 32.2. The fourth-order valence-corrected chi connectivity index (χ4v) is 4.77. The molecule has 0 saturated heterocycles. The molecule has 5 nitrogen and oxygen atoms in total. The van der Waals surface area contributed by atoms with Gasteiger partial charge in [-0.2, -0.15) is 0 Å². The van der Waals surface area contributed by atoms with Gasteiger partial charge in [-0.05, 0) is 36.3 Å². The zero-order valence-corrected chi connectivity index (χ0v) is 12.7. The Morgan fingerprint density at radius 3 is 2.86 bits per heavy atom. The Morgan fingerprint density at radius 1 is 1.33 bits per heavy atom. The van der Waals surface area contributed by atoms with Crippen molar-refractivity contribution in [2.24, 2.45) is 17.8 Å². The molecular formula is C15H20N2O3S. The van der Waals surface area contributed by atoms with Crippen LogP contribution in [0.15, 0.2) is 24.5 Å². The van der Waals surface area contributed by atoms with Crippen molar-refractivity contribution in [1.29, 1.82) is 0 Å². The average molecular weight is 308 g/mol. The van der Waals surface area contributed by atoms with Crippen molar-refractivity contribution >= 4 is 15.9 Å². The van der Waals surface area contributed by atoms with Crippen LogP contribution < -0.4 is 4.72 Å². The number of pyridine rings is 1. The molecule has 1 heterocycles. The Hall–Kier alpha value is -1.43. The number of nitrogens with one attached hydrogen (secondary N) is 1. The molecule has 2 fully saturated rings. The minimum Gasteiger partial charge on any atom is -0.274 e. The van der Waals surface area contributed by atoms with Crippen LogP contribution in [-0.4, -0.2) is 19.3 Å². The number of hydrogen-bond donors (Lipinski definition) is 1. The fourth-order valence-electron chi connectivity index (χ4n) is 3.63. The summed E-state index contributed by atoms with van der Waals surface area (Å²) in [5, 5.41) is 0. The van der Waals surface area contributed by atoms with Crippen LogP contribution >= 0.6 is 0 Å². The third-order valence-corrected chi connectivity index (χ3v) is 5.94. The summed E-state index contributed by atoms with van der Waals surface area (Å²) in [5.74, 6) is 0.400. The maximum atomic E-state index is 12.2. The predicted molar refractivity (Wildman–Crippen MR) is 78.6 cm³/mol. The topological polar surface area (TPSA) is 76.1 Å². The van der Waals surface area contributed by atoms with E-state index >= 15 is 0 Å². The molecule has 0 unspecified atom stereocenters. The largest absolute Gasteiger partial charge is 0.274 e. The zero-order chi connectivity index (χ0) is 14.9. The monoisotopic (exact) mass is 308 g/mol. The molecule has 0 aromatic carbocycles. The van der Waals surface area contributed by atoms with E-state index in [0.29, 0.717) is 17.4 Å². The van der Waals surface area contributed by atoms with E-state index in [1.54, 1.807) is 18.3 Å². The minimum atomic E-state index is -3.63. The molecule has 21 heavy (non-hydrogen) atoms. The van der Waals surface area contributed by atoms with Gasteiger partial charge >= 0.3 is 0 Å². The number of carbonyl (C=O) groups is 1. The minimum absolute atomic E-state index is 0.112. The highest BCUT2D eigenvalue weighted by Gasteiger charge is 2.46. The summed E-state index contributed by atoms with van der Waals surface area (Å²) in [6, 6.07) is 3.38. The summed E-state index contributed by atoms with van der Waals surface area (Å²) in [7, 11) is -3.63. The smallest absolute Gasteiger partial charge is 0.239 e. The van der Waals surface area contributed by atoms with Crippen molar-refractivity contribution in [1.82, 2.24) is 9.71 Å². The molecule has 2 aliphatic carbocycles. The van der Waals surface area contributed by atoms with Gasteiger partial charge in [-0.1, -0.05) is 25.3 Å². The van der Waals surface area contributed by atoms with Crippen molar-refractivity contribution in [2.45, 2.75) is 37.9 Å². The maximum absolute atomic E-state index is 12.2. The summed E-state index contributed by atoms with van der Waals surface area (Å²) in [4.78, 5) is 16.1. The van der Waals surface area contributed by atoms with Crippen LogP contribution in [0.1, 0.15) is 37.7 Å². The number of nitrogens with zero attached hydrogens (tertiary/aromatic N) is 1. The number of aromatic nitrogens is 1. The fraction of sp³-hybridized carbons (Fsp3) is 0.600. The van der Waals surface area contributed by atoms with E-state index in [9.17, 15) is 13.2 Å². The van der Waals surface area contributed by atoms with Crippen LogP contribution in [-0.2, 0) is 20.6 Å². The Kier molecular flexibility index (Phi) is 3.97. The standard InChI is InChI=1S/C15H20N2O3S/c18-15(14-8-12-5-1-2-6-13(12)14)17-21(19,20)10-11-4-3-7-16-9-11/h3-4,7,9,12-14H,1-2,5-6,8,10H2,(H,17,18)/t12-,13-,14+/m0/s1. The SMILES string of the molecule is O=C(NS(=O)(=O)Cc1cccnc1)[C@@H]1C[C@@H]2CCCC[C@@H]21. The molecule has 3 atom stereocenters. The lowest BCUT2D eigenvalue weighted by Crippen LogP contribution is -2.49. The lowest BCUT2D eigenvalue weighted by molar-refractivity contribution is -0.133. The lowest BCUT2D eigenvalue weighted by Gasteiger charge is -2.46. The molecule has 1 aromatic heterocycles. The first-order chi connectivity index (χ1) is 10.1. The van der Waals surface area contributed by atoms with Crippen molar-refractivity contribution in [3.05, 3.63) is 30.1 Å². The Bertz CT molecular complexity index is 615. The first-order valence-corrected chi connectivity index (χ1v) is 9.13. The second-order valence-electron chi connectivity index (χ2n) is 6.14. The number of fused-ring (bicyclic) bond motifs is 1.